The average molecular weight is 461 g/mol. The molecule has 0 bridgehead atoms. The lowest BCUT2D eigenvalue weighted by molar-refractivity contribution is -0.122. The van der Waals surface area contributed by atoms with Crippen LogP contribution in [-0.2, 0) is 14.3 Å². The van der Waals surface area contributed by atoms with Crippen molar-refractivity contribution in [3.8, 4) is 0 Å². The van der Waals surface area contributed by atoms with Crippen LogP contribution in [0.1, 0.15) is 17.5 Å². The number of hydrogen-bond donors (Lipinski definition) is 0. The highest BCUT2D eigenvalue weighted by atomic mass is 32.2. The van der Waals surface area contributed by atoms with Gasteiger partial charge in [0.05, 0.1) is 23.7 Å². The van der Waals surface area contributed by atoms with Crippen LogP contribution in [0, 0.1) is 6.92 Å². The van der Waals surface area contributed by atoms with Crippen LogP contribution >= 0.6 is 24.0 Å². The molecular weight excluding hydrogens is 436 g/mol. The van der Waals surface area contributed by atoms with E-state index in [2.05, 4.69) is 0 Å². The number of amides is 1. The lowest BCUT2D eigenvalue weighted by Crippen LogP contribution is -2.38. The maximum Gasteiger partial charge on any atom is 0.267 e. The number of hydrogen-bond acceptors (Lipinski definition) is 8. The number of nitrogens with zero attached hydrogens (tertiary/aromatic N) is 4. The Bertz CT molecular complexity index is 1110. The molecule has 164 valence electrons. The van der Waals surface area contributed by atoms with E-state index in [0.29, 0.717) is 72.1 Å². The zero-order valence-corrected chi connectivity index (χ0v) is 19.1. The van der Waals surface area contributed by atoms with E-state index in [4.69, 9.17) is 26.7 Å². The first kappa shape index (κ1) is 21.9. The molecule has 0 radical (unpaired) electrons. The second-order valence-corrected chi connectivity index (χ2v) is 8.99. The van der Waals surface area contributed by atoms with Crippen molar-refractivity contribution < 1.29 is 14.3 Å². The van der Waals surface area contributed by atoms with Gasteiger partial charge in [-0.25, -0.2) is 4.98 Å². The van der Waals surface area contributed by atoms with E-state index in [1.54, 1.807) is 24.3 Å². The van der Waals surface area contributed by atoms with Gasteiger partial charge in [-0.2, -0.15) is 0 Å². The number of methoxy groups -OCH3 is 1. The molecule has 4 rings (SSSR count). The summed E-state index contributed by atoms with van der Waals surface area (Å²) in [6, 6.07) is 3.74. The van der Waals surface area contributed by atoms with Crippen LogP contribution < -0.4 is 10.5 Å². The van der Waals surface area contributed by atoms with Crippen molar-refractivity contribution in [1.82, 2.24) is 14.3 Å². The number of aryl methyl sites for hydroxylation is 1. The molecule has 2 aromatic rings. The van der Waals surface area contributed by atoms with E-state index in [1.807, 2.05) is 24.0 Å². The van der Waals surface area contributed by atoms with Crippen molar-refractivity contribution in [2.75, 3.05) is 51.5 Å². The molecule has 0 spiro atoms. The normalized spacial score (nSPS) is 18.6. The predicted molar refractivity (Wildman–Crippen MR) is 126 cm³/mol. The monoisotopic (exact) mass is 460 g/mol. The third kappa shape index (κ3) is 4.38. The molecule has 0 unspecified atom stereocenters. The quantitative estimate of drug-likeness (QED) is 0.369. The van der Waals surface area contributed by atoms with E-state index in [1.165, 1.54) is 16.2 Å². The number of thiocarbonyl (C=S) groups is 1. The lowest BCUT2D eigenvalue weighted by atomic mass is 10.2. The predicted octanol–water partition coefficient (Wildman–Crippen LogP) is 2.08. The summed E-state index contributed by atoms with van der Waals surface area (Å²) in [5.74, 6) is 0.389. The number of fused-ring (bicyclic) bond motifs is 1. The Labute approximate surface area is 189 Å². The maximum absolute atomic E-state index is 13.4. The number of ether oxygens (including phenoxy) is 2. The van der Waals surface area contributed by atoms with Crippen molar-refractivity contribution in [2.45, 2.75) is 13.3 Å². The molecule has 4 heterocycles. The Kier molecular flexibility index (Phi) is 6.71. The number of aromatic nitrogens is 2. The summed E-state index contributed by atoms with van der Waals surface area (Å²) in [6.45, 7) is 5.36. The highest BCUT2D eigenvalue weighted by Gasteiger charge is 2.32. The molecule has 0 aromatic carbocycles. The fourth-order valence-electron chi connectivity index (χ4n) is 3.63. The highest BCUT2D eigenvalue weighted by molar-refractivity contribution is 8.26. The number of morpholine rings is 1. The van der Waals surface area contributed by atoms with Crippen LogP contribution in [0.5, 0.6) is 0 Å². The fourth-order valence-corrected chi connectivity index (χ4v) is 4.92. The number of carbonyl (C=O) groups excluding carboxylic acids is 1. The summed E-state index contributed by atoms with van der Waals surface area (Å²) >= 11 is 6.62. The van der Waals surface area contributed by atoms with Gasteiger partial charge in [0.25, 0.3) is 11.5 Å². The van der Waals surface area contributed by atoms with Crippen molar-refractivity contribution in [1.29, 1.82) is 0 Å². The first-order chi connectivity index (χ1) is 15.0. The molecule has 2 fully saturated rings. The Morgan fingerprint density at radius 1 is 1.32 bits per heavy atom. The minimum absolute atomic E-state index is 0.187. The fraction of sp³-hybridized carbons (Fsp3) is 0.429. The summed E-state index contributed by atoms with van der Waals surface area (Å²) in [4.78, 5) is 35.3. The highest BCUT2D eigenvalue weighted by Crippen LogP contribution is 2.33. The molecule has 0 aliphatic carbocycles. The third-order valence-corrected chi connectivity index (χ3v) is 6.63. The summed E-state index contributed by atoms with van der Waals surface area (Å²) in [6.07, 6.45) is 4.04. The first-order valence-corrected chi connectivity index (χ1v) is 11.3. The van der Waals surface area contributed by atoms with E-state index in [9.17, 15) is 9.59 Å². The van der Waals surface area contributed by atoms with Crippen molar-refractivity contribution in [3.63, 3.8) is 0 Å². The third-order valence-electron chi connectivity index (χ3n) is 5.25. The van der Waals surface area contributed by atoms with E-state index in [0.717, 1.165) is 5.56 Å². The molecule has 0 saturated carbocycles. The minimum Gasteiger partial charge on any atom is -0.385 e. The van der Waals surface area contributed by atoms with Gasteiger partial charge in [0, 0.05) is 39.5 Å². The second-order valence-electron chi connectivity index (χ2n) is 7.32. The van der Waals surface area contributed by atoms with Gasteiger partial charge in [-0.3, -0.25) is 18.9 Å². The van der Waals surface area contributed by atoms with Gasteiger partial charge < -0.3 is 14.4 Å². The van der Waals surface area contributed by atoms with Gasteiger partial charge in [0.1, 0.15) is 15.8 Å². The number of rotatable bonds is 6. The first-order valence-electron chi connectivity index (χ1n) is 10.1. The largest absolute Gasteiger partial charge is 0.385 e. The number of anilines is 1. The van der Waals surface area contributed by atoms with Crippen LogP contribution in [-0.4, -0.2) is 71.1 Å². The SMILES string of the molecule is COCCCN1C(=O)/C(=C\c2c(N3CCOCC3)nc3c(C)cccn3c2=O)SC1=S. The van der Waals surface area contributed by atoms with Gasteiger partial charge in [-0.15, -0.1) is 0 Å². The molecule has 8 nitrogen and oxygen atoms in total. The molecule has 1 amide bonds. The standard InChI is InChI=1S/C21H24N4O4S2/c1-14-5-3-6-24-17(14)22-18(23-8-11-29-12-9-23)15(19(24)26)13-16-20(27)25(21(30)31-16)7-4-10-28-2/h3,5-6,13H,4,7-12H2,1-2H3/b16-13+. The van der Waals surface area contributed by atoms with Crippen molar-refractivity contribution >= 4 is 51.7 Å². The maximum atomic E-state index is 13.4. The van der Waals surface area contributed by atoms with Crippen LogP contribution in [0.2, 0.25) is 0 Å². The number of pyridine rings is 1. The average Bonchev–Trinajstić information content (AvgIpc) is 3.04. The van der Waals surface area contributed by atoms with Crippen LogP contribution in [0.4, 0.5) is 5.82 Å². The summed E-state index contributed by atoms with van der Waals surface area (Å²) in [5.41, 5.74) is 1.70. The lowest BCUT2D eigenvalue weighted by Gasteiger charge is -2.29. The Hall–Kier alpha value is -2.27. The van der Waals surface area contributed by atoms with Gasteiger partial charge in [-0.1, -0.05) is 30.0 Å². The molecule has 31 heavy (non-hydrogen) atoms. The molecule has 2 aliphatic heterocycles. The molecule has 2 aliphatic rings. The van der Waals surface area contributed by atoms with Gasteiger partial charge in [0.2, 0.25) is 0 Å². The Morgan fingerprint density at radius 2 is 2.10 bits per heavy atom. The molecule has 0 N–H and O–H groups in total. The van der Waals surface area contributed by atoms with Crippen LogP contribution in [0.25, 0.3) is 11.7 Å². The minimum atomic E-state index is -0.208. The topological polar surface area (TPSA) is 76.4 Å². The molecule has 0 atom stereocenters. The van der Waals surface area contributed by atoms with Gasteiger partial charge >= 0.3 is 0 Å². The molecule has 2 saturated heterocycles. The van der Waals surface area contributed by atoms with Crippen LogP contribution in [0.15, 0.2) is 28.0 Å². The summed E-state index contributed by atoms with van der Waals surface area (Å²) in [7, 11) is 1.62. The zero-order valence-electron chi connectivity index (χ0n) is 17.5. The summed E-state index contributed by atoms with van der Waals surface area (Å²) in [5, 5.41) is 0. The van der Waals surface area contributed by atoms with Crippen LogP contribution in [0.3, 0.4) is 0 Å². The van der Waals surface area contributed by atoms with Gasteiger partial charge in [0.15, 0.2) is 0 Å². The Morgan fingerprint density at radius 3 is 2.84 bits per heavy atom. The van der Waals surface area contributed by atoms with E-state index < -0.39 is 0 Å². The Balaban J connectivity index is 1.79. The number of carbonyl (C=O) groups is 1. The van der Waals surface area contributed by atoms with Gasteiger partial charge in [-0.05, 0) is 31.1 Å². The van der Waals surface area contributed by atoms with Crippen molar-refractivity contribution in [2.24, 2.45) is 0 Å². The van der Waals surface area contributed by atoms with E-state index >= 15 is 0 Å². The molecule has 10 heteroatoms. The number of thioether (sulfide) groups is 1. The summed E-state index contributed by atoms with van der Waals surface area (Å²) < 4.78 is 12.6. The second kappa shape index (κ2) is 9.47. The van der Waals surface area contributed by atoms with E-state index in [-0.39, 0.29) is 11.5 Å². The zero-order chi connectivity index (χ0) is 22.0. The molecular formula is C21H24N4O4S2. The van der Waals surface area contributed by atoms with Crippen molar-refractivity contribution in [3.05, 3.63) is 44.7 Å². The molecule has 2 aromatic heterocycles. The smallest absolute Gasteiger partial charge is 0.267 e.